The molecule has 0 fully saturated rings. The summed E-state index contributed by atoms with van der Waals surface area (Å²) >= 11 is 5.80. The number of imidazole rings is 1. The molecule has 0 amide bonds. The second kappa shape index (κ2) is 6.77. The molecule has 1 unspecified atom stereocenters. The number of hydrogen-bond acceptors (Lipinski definition) is 3. The van der Waals surface area contributed by atoms with E-state index in [1.807, 2.05) is 10.8 Å². The number of halogens is 1. The molecule has 1 aromatic heterocycles. The summed E-state index contributed by atoms with van der Waals surface area (Å²) in [5, 5.41) is 10.7. The van der Waals surface area contributed by atoms with Gasteiger partial charge in [-0.3, -0.25) is 0 Å². The molecule has 0 aliphatic carbocycles. The first-order chi connectivity index (χ1) is 9.56. The molecule has 1 atom stereocenters. The normalized spacial score (nSPS) is 12.7. The van der Waals surface area contributed by atoms with Crippen LogP contribution in [-0.4, -0.2) is 27.4 Å². The fourth-order valence-corrected chi connectivity index (χ4v) is 2.10. The number of benzene rings is 1. The lowest BCUT2D eigenvalue weighted by Gasteiger charge is -2.16. The van der Waals surface area contributed by atoms with Gasteiger partial charge in [-0.15, -0.1) is 0 Å². The van der Waals surface area contributed by atoms with Crippen molar-refractivity contribution in [1.82, 2.24) is 9.55 Å². The number of aliphatic hydroxyl groups is 1. The number of aromatic nitrogens is 2. The maximum Gasteiger partial charge on any atom is 0.119 e. The highest BCUT2D eigenvalue weighted by atomic mass is 35.5. The van der Waals surface area contributed by atoms with Crippen molar-refractivity contribution in [2.75, 3.05) is 6.61 Å². The van der Waals surface area contributed by atoms with Crippen LogP contribution in [0.5, 0.6) is 5.75 Å². The molecule has 0 aliphatic rings. The second-order valence-electron chi connectivity index (χ2n) is 5.01. The predicted octanol–water partition coefficient (Wildman–Crippen LogP) is 3.10. The molecule has 0 saturated carbocycles. The van der Waals surface area contributed by atoms with Crippen molar-refractivity contribution in [3.05, 3.63) is 47.5 Å². The van der Waals surface area contributed by atoms with Crippen LogP contribution in [0.4, 0.5) is 0 Å². The van der Waals surface area contributed by atoms with E-state index in [1.165, 1.54) is 0 Å². The van der Waals surface area contributed by atoms with Crippen molar-refractivity contribution in [1.29, 1.82) is 0 Å². The number of ether oxygens (including phenoxy) is 1. The zero-order valence-corrected chi connectivity index (χ0v) is 12.4. The Balaban J connectivity index is 1.87. The van der Waals surface area contributed by atoms with Gasteiger partial charge in [-0.25, -0.2) is 4.98 Å². The van der Waals surface area contributed by atoms with Gasteiger partial charge in [0, 0.05) is 23.3 Å². The monoisotopic (exact) mass is 294 g/mol. The van der Waals surface area contributed by atoms with Gasteiger partial charge in [0.2, 0.25) is 0 Å². The Bertz CT molecular complexity index is 537. The highest BCUT2D eigenvalue weighted by Crippen LogP contribution is 2.16. The fraction of sp³-hybridized carbons (Fsp3) is 0.400. The Hall–Kier alpha value is -1.52. The quantitative estimate of drug-likeness (QED) is 0.890. The third-order valence-corrected chi connectivity index (χ3v) is 3.18. The maximum atomic E-state index is 10.0. The van der Waals surface area contributed by atoms with Gasteiger partial charge in [0.05, 0.1) is 6.54 Å². The van der Waals surface area contributed by atoms with Gasteiger partial charge in [-0.05, 0) is 24.3 Å². The largest absolute Gasteiger partial charge is 0.491 e. The van der Waals surface area contributed by atoms with Gasteiger partial charge in [0.25, 0.3) is 0 Å². The maximum absolute atomic E-state index is 10.0. The molecular formula is C15H19ClN2O2. The molecule has 108 valence electrons. The third-order valence-electron chi connectivity index (χ3n) is 2.93. The van der Waals surface area contributed by atoms with Crippen molar-refractivity contribution in [3.8, 4) is 5.75 Å². The van der Waals surface area contributed by atoms with Crippen LogP contribution in [0.15, 0.2) is 36.7 Å². The number of aliphatic hydroxyl groups excluding tert-OH is 1. The molecule has 2 rings (SSSR count). The zero-order valence-electron chi connectivity index (χ0n) is 11.7. The van der Waals surface area contributed by atoms with Crippen LogP contribution >= 0.6 is 11.6 Å². The van der Waals surface area contributed by atoms with Crippen LogP contribution in [0.25, 0.3) is 0 Å². The van der Waals surface area contributed by atoms with Crippen molar-refractivity contribution >= 4 is 11.6 Å². The molecule has 5 heteroatoms. The highest BCUT2D eigenvalue weighted by Gasteiger charge is 2.12. The lowest BCUT2D eigenvalue weighted by molar-refractivity contribution is 0.0915. The Morgan fingerprint density at radius 3 is 2.65 bits per heavy atom. The lowest BCUT2D eigenvalue weighted by atomic mass is 10.2. The standard InChI is InChI=1S/C15H19ClN2O2/c1-11(2)15-17-7-8-18(15)9-13(19)10-20-14-5-3-12(16)4-6-14/h3-8,11,13,19H,9-10H2,1-2H3. The van der Waals surface area contributed by atoms with Gasteiger partial charge >= 0.3 is 0 Å². The second-order valence-corrected chi connectivity index (χ2v) is 5.45. The smallest absolute Gasteiger partial charge is 0.119 e. The summed E-state index contributed by atoms with van der Waals surface area (Å²) < 4.78 is 7.49. The van der Waals surface area contributed by atoms with E-state index in [0.29, 0.717) is 23.2 Å². The molecule has 0 saturated heterocycles. The molecule has 1 N–H and O–H groups in total. The van der Waals surface area contributed by atoms with E-state index in [0.717, 1.165) is 5.82 Å². The van der Waals surface area contributed by atoms with Crippen molar-refractivity contribution in [2.45, 2.75) is 32.4 Å². The minimum absolute atomic E-state index is 0.233. The van der Waals surface area contributed by atoms with Crippen LogP contribution in [0.1, 0.15) is 25.6 Å². The predicted molar refractivity (Wildman–Crippen MR) is 79.3 cm³/mol. The zero-order chi connectivity index (χ0) is 14.5. The number of rotatable bonds is 6. The van der Waals surface area contributed by atoms with Crippen molar-refractivity contribution in [3.63, 3.8) is 0 Å². The Kier molecular flexibility index (Phi) is 5.04. The first-order valence-electron chi connectivity index (χ1n) is 6.63. The summed E-state index contributed by atoms with van der Waals surface area (Å²) in [6, 6.07) is 7.09. The minimum atomic E-state index is -0.586. The van der Waals surface area contributed by atoms with Crippen LogP contribution in [0, 0.1) is 0 Å². The fourth-order valence-electron chi connectivity index (χ4n) is 1.98. The minimum Gasteiger partial charge on any atom is -0.491 e. The van der Waals surface area contributed by atoms with E-state index in [1.54, 1.807) is 30.5 Å². The number of hydrogen-bond donors (Lipinski definition) is 1. The molecule has 4 nitrogen and oxygen atoms in total. The Morgan fingerprint density at radius 2 is 2.00 bits per heavy atom. The molecule has 20 heavy (non-hydrogen) atoms. The Labute approximate surface area is 124 Å². The lowest BCUT2D eigenvalue weighted by Crippen LogP contribution is -2.24. The van der Waals surface area contributed by atoms with Crippen molar-refractivity contribution in [2.24, 2.45) is 0 Å². The average molecular weight is 295 g/mol. The highest BCUT2D eigenvalue weighted by molar-refractivity contribution is 6.30. The van der Waals surface area contributed by atoms with Crippen LogP contribution in [0.2, 0.25) is 5.02 Å². The van der Waals surface area contributed by atoms with Crippen LogP contribution in [-0.2, 0) is 6.54 Å². The van der Waals surface area contributed by atoms with Gasteiger partial charge in [-0.2, -0.15) is 0 Å². The summed E-state index contributed by atoms with van der Waals surface area (Å²) in [4.78, 5) is 4.29. The Morgan fingerprint density at radius 1 is 1.30 bits per heavy atom. The molecule has 0 bridgehead atoms. The first-order valence-corrected chi connectivity index (χ1v) is 7.01. The molecule has 2 aromatic rings. The molecule has 0 aliphatic heterocycles. The van der Waals surface area contributed by atoms with Crippen LogP contribution < -0.4 is 4.74 Å². The van der Waals surface area contributed by atoms with Crippen LogP contribution in [0.3, 0.4) is 0 Å². The first kappa shape index (κ1) is 14.9. The molecular weight excluding hydrogens is 276 g/mol. The van der Waals surface area contributed by atoms with E-state index < -0.39 is 6.10 Å². The van der Waals surface area contributed by atoms with E-state index in [9.17, 15) is 5.11 Å². The van der Waals surface area contributed by atoms with E-state index >= 15 is 0 Å². The number of nitrogens with zero attached hydrogens (tertiary/aromatic N) is 2. The summed E-state index contributed by atoms with van der Waals surface area (Å²) in [5.41, 5.74) is 0. The molecule has 1 heterocycles. The van der Waals surface area contributed by atoms with Gasteiger partial charge in [-0.1, -0.05) is 25.4 Å². The van der Waals surface area contributed by atoms with E-state index in [-0.39, 0.29) is 6.61 Å². The molecule has 0 spiro atoms. The van der Waals surface area contributed by atoms with Gasteiger partial charge in [0.15, 0.2) is 0 Å². The summed E-state index contributed by atoms with van der Waals surface area (Å²) in [7, 11) is 0. The van der Waals surface area contributed by atoms with Crippen molar-refractivity contribution < 1.29 is 9.84 Å². The summed E-state index contributed by atoms with van der Waals surface area (Å²) in [5.74, 6) is 1.99. The SMILES string of the molecule is CC(C)c1nccn1CC(O)COc1ccc(Cl)cc1. The van der Waals surface area contributed by atoms with E-state index in [2.05, 4.69) is 18.8 Å². The van der Waals surface area contributed by atoms with E-state index in [4.69, 9.17) is 16.3 Å². The molecule has 1 aromatic carbocycles. The topological polar surface area (TPSA) is 47.3 Å². The van der Waals surface area contributed by atoms with Gasteiger partial charge in [0.1, 0.15) is 24.3 Å². The summed E-state index contributed by atoms with van der Waals surface area (Å²) in [6.45, 7) is 4.86. The van der Waals surface area contributed by atoms with Gasteiger partial charge < -0.3 is 14.4 Å². The average Bonchev–Trinajstić information content (AvgIpc) is 2.86. The molecule has 0 radical (unpaired) electrons. The summed E-state index contributed by atoms with van der Waals surface area (Å²) in [6.07, 6.45) is 3.04. The third kappa shape index (κ3) is 3.99.